The Morgan fingerprint density at radius 2 is 1.69 bits per heavy atom. The molecule has 0 atom stereocenters. The van der Waals surface area contributed by atoms with Gasteiger partial charge in [-0.3, -0.25) is 0 Å². The number of pyridine rings is 1. The molecule has 2 aromatic heterocycles. The van der Waals surface area contributed by atoms with E-state index in [0.29, 0.717) is 33.4 Å². The van der Waals surface area contributed by atoms with Crippen LogP contribution in [0.3, 0.4) is 0 Å². The Morgan fingerprint density at radius 1 is 0.886 bits per heavy atom. The lowest BCUT2D eigenvalue weighted by atomic mass is 9.62. The van der Waals surface area contributed by atoms with Gasteiger partial charge >= 0.3 is 0 Å². The average molecular weight is 469 g/mol. The number of fused-ring (bicyclic) bond motifs is 6. The molecule has 0 N–H and O–H groups in total. The van der Waals surface area contributed by atoms with Gasteiger partial charge < -0.3 is 4.42 Å². The number of benzene rings is 3. The van der Waals surface area contributed by atoms with Crippen molar-refractivity contribution in [1.29, 1.82) is 0 Å². The largest absolute Gasteiger partial charge is 0.455 e. The first-order valence-corrected chi connectivity index (χ1v) is 12.4. The van der Waals surface area contributed by atoms with Crippen LogP contribution in [-0.4, -0.2) is 0 Å². The third-order valence-corrected chi connectivity index (χ3v) is 8.27. The zero-order valence-corrected chi connectivity index (χ0v) is 21.4. The fourth-order valence-electron chi connectivity index (χ4n) is 6.21. The summed E-state index contributed by atoms with van der Waals surface area (Å²) in [4.78, 5) is 0. The number of aryl methyl sites for hydroxylation is 4. The normalized spacial score (nSPS) is 20.1. The van der Waals surface area contributed by atoms with Crippen LogP contribution in [0.25, 0.3) is 44.0 Å². The van der Waals surface area contributed by atoms with Crippen LogP contribution in [0, 0.1) is 20.6 Å². The summed E-state index contributed by atoms with van der Waals surface area (Å²) in [5, 5.41) is 3.50. The first kappa shape index (κ1) is 16.5. The predicted octanol–water partition coefficient (Wildman–Crippen LogP) is 8.50. The van der Waals surface area contributed by atoms with Crippen molar-refractivity contribution in [3.8, 4) is 11.3 Å². The predicted molar refractivity (Wildman–Crippen MR) is 147 cm³/mol. The van der Waals surface area contributed by atoms with E-state index in [1.807, 2.05) is 18.5 Å². The van der Waals surface area contributed by atoms with E-state index >= 15 is 0 Å². The van der Waals surface area contributed by atoms with Crippen LogP contribution in [0.2, 0.25) is 0 Å². The van der Waals surface area contributed by atoms with E-state index in [0.717, 1.165) is 29.0 Å². The Labute approximate surface area is 217 Å². The summed E-state index contributed by atoms with van der Waals surface area (Å²) < 4.78 is 57.6. The van der Waals surface area contributed by atoms with Crippen molar-refractivity contribution in [2.45, 2.75) is 72.0 Å². The van der Waals surface area contributed by atoms with Gasteiger partial charge in [-0.15, -0.1) is 0 Å². The Kier molecular flexibility index (Phi) is 3.40. The molecular formula is C33H36NO+. The molecule has 0 saturated carbocycles. The molecule has 0 bridgehead atoms. The van der Waals surface area contributed by atoms with Crippen molar-refractivity contribution >= 4 is 32.7 Å². The minimum absolute atomic E-state index is 0.0148. The molecule has 0 fully saturated rings. The zero-order chi connectivity index (χ0) is 29.9. The highest BCUT2D eigenvalue weighted by molar-refractivity contribution is 6.15. The second-order valence-electron chi connectivity index (χ2n) is 11.7. The van der Waals surface area contributed by atoms with Gasteiger partial charge in [0.05, 0.1) is 5.56 Å². The van der Waals surface area contributed by atoms with Crippen LogP contribution in [0.15, 0.2) is 53.1 Å². The van der Waals surface area contributed by atoms with Crippen LogP contribution >= 0.6 is 0 Å². The monoisotopic (exact) mass is 468 g/mol. The van der Waals surface area contributed by atoms with E-state index in [9.17, 15) is 0 Å². The highest BCUT2D eigenvalue weighted by Crippen LogP contribution is 2.49. The Morgan fingerprint density at radius 3 is 2.46 bits per heavy atom. The molecule has 0 radical (unpaired) electrons. The Balaban J connectivity index is 1.76. The third kappa shape index (κ3) is 3.19. The smallest absolute Gasteiger partial charge is 0.216 e. The fraction of sp³-hybridized carbons (Fsp3) is 0.364. The summed E-state index contributed by atoms with van der Waals surface area (Å²) in [6, 6.07) is 13.5. The van der Waals surface area contributed by atoms with Crippen molar-refractivity contribution in [2.24, 2.45) is 7.05 Å². The average Bonchev–Trinajstić information content (AvgIpc) is 3.21. The standard InChI is InChI=1S/C33H36NO/c1-19-11-14-34(8)26(15-19)29-21(3)16-20(2)28-24-17-22-9-10-25-30(23(22)18-27(24)35-31(28)29)33(6,7)13-12-32(25,4)5/h9-11,14-18H,12-13H2,1-8H3/q+1/i1D3,2D3. The van der Waals surface area contributed by atoms with Crippen LogP contribution in [0.1, 0.15) is 76.6 Å². The maximum atomic E-state index is 8.39. The number of hydrogen-bond donors (Lipinski definition) is 0. The van der Waals surface area contributed by atoms with E-state index in [1.165, 1.54) is 11.1 Å². The lowest BCUT2D eigenvalue weighted by Crippen LogP contribution is -2.34. The lowest BCUT2D eigenvalue weighted by molar-refractivity contribution is -0.660. The molecule has 3 aromatic carbocycles. The molecule has 0 amide bonds. The van der Waals surface area contributed by atoms with Gasteiger partial charge in [0.2, 0.25) is 5.69 Å². The first-order valence-electron chi connectivity index (χ1n) is 15.4. The van der Waals surface area contributed by atoms with Gasteiger partial charge in [-0.2, -0.15) is 0 Å². The van der Waals surface area contributed by atoms with Crippen LogP contribution in [0.5, 0.6) is 0 Å². The van der Waals surface area contributed by atoms with Gasteiger partial charge in [0.15, 0.2) is 6.20 Å². The third-order valence-electron chi connectivity index (χ3n) is 8.27. The van der Waals surface area contributed by atoms with Gasteiger partial charge in [-0.05, 0) is 95.0 Å². The molecule has 35 heavy (non-hydrogen) atoms. The topological polar surface area (TPSA) is 17.0 Å². The van der Waals surface area contributed by atoms with Gasteiger partial charge in [0.1, 0.15) is 18.2 Å². The van der Waals surface area contributed by atoms with Crippen molar-refractivity contribution in [1.82, 2.24) is 0 Å². The zero-order valence-electron chi connectivity index (χ0n) is 27.4. The summed E-state index contributed by atoms with van der Waals surface area (Å²) in [6.45, 7) is 6.43. The maximum Gasteiger partial charge on any atom is 0.216 e. The van der Waals surface area contributed by atoms with E-state index in [-0.39, 0.29) is 22.0 Å². The van der Waals surface area contributed by atoms with Gasteiger partial charge in [-0.1, -0.05) is 45.9 Å². The molecule has 1 aliphatic carbocycles. The molecule has 6 rings (SSSR count). The minimum Gasteiger partial charge on any atom is -0.455 e. The van der Waals surface area contributed by atoms with E-state index in [2.05, 4.69) is 52.0 Å². The highest BCUT2D eigenvalue weighted by atomic mass is 16.3. The van der Waals surface area contributed by atoms with Crippen molar-refractivity contribution in [3.63, 3.8) is 0 Å². The molecule has 178 valence electrons. The Hall–Kier alpha value is -3.13. The molecule has 5 aromatic rings. The van der Waals surface area contributed by atoms with Crippen LogP contribution in [-0.2, 0) is 17.9 Å². The summed E-state index contributed by atoms with van der Waals surface area (Å²) in [5.74, 6) is 0. The van der Waals surface area contributed by atoms with Crippen LogP contribution in [0.4, 0.5) is 0 Å². The number of aromatic nitrogens is 1. The van der Waals surface area contributed by atoms with E-state index in [1.54, 1.807) is 24.4 Å². The Bertz CT molecular complexity index is 1890. The molecule has 2 nitrogen and oxygen atoms in total. The van der Waals surface area contributed by atoms with Gasteiger partial charge in [-0.25, -0.2) is 4.57 Å². The molecule has 2 heteroatoms. The van der Waals surface area contributed by atoms with Crippen LogP contribution < -0.4 is 4.57 Å². The molecule has 0 spiro atoms. The maximum absolute atomic E-state index is 8.39. The number of nitrogens with zero attached hydrogens (tertiary/aromatic N) is 1. The number of rotatable bonds is 1. The second kappa shape index (κ2) is 7.20. The summed E-state index contributed by atoms with van der Waals surface area (Å²) in [7, 11) is 1.86. The first-order chi connectivity index (χ1) is 18.9. The minimum atomic E-state index is -2.36. The summed E-state index contributed by atoms with van der Waals surface area (Å²) >= 11 is 0. The lowest BCUT2D eigenvalue weighted by Gasteiger charge is -2.42. The molecule has 2 heterocycles. The fourth-order valence-corrected chi connectivity index (χ4v) is 6.21. The SMILES string of the molecule is [2H]C([2H])([2H])c1cc[n+](C)c(-c2c(C)cc(C([2H])([2H])[2H])c3c2oc2cc4c5c(ccc4cc23)C(C)(C)CCC5(C)C)c1. The van der Waals surface area contributed by atoms with Crippen molar-refractivity contribution in [3.05, 3.63) is 76.5 Å². The summed E-state index contributed by atoms with van der Waals surface area (Å²) in [6.07, 6.45) is 3.92. The molecule has 0 saturated heterocycles. The molecular weight excluding hydrogens is 426 g/mol. The number of furan rings is 1. The van der Waals surface area contributed by atoms with Gasteiger partial charge in [0.25, 0.3) is 0 Å². The van der Waals surface area contributed by atoms with Crippen molar-refractivity contribution < 1.29 is 17.2 Å². The van der Waals surface area contributed by atoms with E-state index < -0.39 is 13.7 Å². The molecule has 1 aliphatic rings. The quantitative estimate of drug-likeness (QED) is 0.225. The van der Waals surface area contributed by atoms with Gasteiger partial charge in [0, 0.05) is 31.1 Å². The molecule has 0 aliphatic heterocycles. The highest BCUT2D eigenvalue weighted by Gasteiger charge is 2.38. The number of hydrogen-bond acceptors (Lipinski definition) is 1. The van der Waals surface area contributed by atoms with Crippen molar-refractivity contribution in [2.75, 3.05) is 0 Å². The van der Waals surface area contributed by atoms with E-state index in [4.69, 9.17) is 12.6 Å². The summed E-state index contributed by atoms with van der Waals surface area (Å²) in [5.41, 5.74) is 6.35. The molecule has 0 unspecified atom stereocenters. The second-order valence-corrected chi connectivity index (χ2v) is 11.7.